The number of unbranched alkanes of at least 4 members (excludes halogenated alkanes) is 4. The Bertz CT molecular complexity index is 915. The van der Waals surface area contributed by atoms with Gasteiger partial charge in [0.25, 0.3) is 0 Å². The predicted molar refractivity (Wildman–Crippen MR) is 240 cm³/mol. The molecule has 4 heteroatoms. The number of ether oxygens (including phenoxy) is 2. The monoisotopic (exact) mass is 773 g/mol. The number of hydrogen-bond acceptors (Lipinski definition) is 4. The molecule has 0 saturated carbocycles. The van der Waals surface area contributed by atoms with E-state index in [-0.39, 0.29) is 24.1 Å². The van der Waals surface area contributed by atoms with E-state index in [1.165, 1.54) is 114 Å². The number of esters is 2. The van der Waals surface area contributed by atoms with E-state index in [9.17, 15) is 9.59 Å². The van der Waals surface area contributed by atoms with Crippen molar-refractivity contribution in [3.63, 3.8) is 0 Å². The van der Waals surface area contributed by atoms with Gasteiger partial charge in [0.15, 0.2) is 0 Å². The minimum Gasteiger partial charge on any atom is -0.458 e. The van der Waals surface area contributed by atoms with Gasteiger partial charge in [0.2, 0.25) is 0 Å². The molecule has 0 N–H and O–H groups in total. The van der Waals surface area contributed by atoms with Gasteiger partial charge >= 0.3 is 11.9 Å². The van der Waals surface area contributed by atoms with E-state index in [1.807, 2.05) is 13.8 Å². The van der Waals surface area contributed by atoms with Crippen LogP contribution in [0.3, 0.4) is 0 Å². The van der Waals surface area contributed by atoms with Crippen LogP contribution in [0.5, 0.6) is 0 Å². The molecule has 6 atom stereocenters. The van der Waals surface area contributed by atoms with E-state index in [4.69, 9.17) is 9.47 Å². The summed E-state index contributed by atoms with van der Waals surface area (Å²) in [7, 11) is 0. The van der Waals surface area contributed by atoms with Crippen molar-refractivity contribution in [1.29, 1.82) is 0 Å². The zero-order valence-corrected chi connectivity index (χ0v) is 39.1. The highest BCUT2D eigenvalue weighted by atomic mass is 16.5. The van der Waals surface area contributed by atoms with Crippen LogP contribution in [-0.4, -0.2) is 24.1 Å². The van der Waals surface area contributed by atoms with E-state index in [2.05, 4.69) is 81.4 Å². The summed E-state index contributed by atoms with van der Waals surface area (Å²) in [6.07, 6.45) is 33.0. The fourth-order valence-corrected chi connectivity index (χ4v) is 8.05. The van der Waals surface area contributed by atoms with Crippen LogP contribution in [0, 0.1) is 35.5 Å². The van der Waals surface area contributed by atoms with E-state index in [0.717, 1.165) is 80.5 Å². The predicted octanol–water partition coefficient (Wildman–Crippen LogP) is 16.4. The molecule has 0 fully saturated rings. The maximum absolute atomic E-state index is 12.4. The van der Waals surface area contributed by atoms with Crippen LogP contribution < -0.4 is 0 Å². The van der Waals surface area contributed by atoms with E-state index < -0.39 is 0 Å². The maximum Gasteiger partial charge on any atom is 0.306 e. The summed E-state index contributed by atoms with van der Waals surface area (Å²) < 4.78 is 11.4. The van der Waals surface area contributed by atoms with Crippen molar-refractivity contribution in [1.82, 2.24) is 0 Å². The molecule has 0 aromatic heterocycles. The van der Waals surface area contributed by atoms with Crippen molar-refractivity contribution >= 4 is 11.9 Å². The van der Waals surface area contributed by atoms with Crippen molar-refractivity contribution in [3.05, 3.63) is 23.3 Å². The van der Waals surface area contributed by atoms with Gasteiger partial charge in [0.1, 0.15) is 12.2 Å². The van der Waals surface area contributed by atoms with Gasteiger partial charge in [-0.1, -0.05) is 176 Å². The molecule has 0 aliphatic carbocycles. The quantitative estimate of drug-likeness (QED) is 0.0361. The molecule has 4 nitrogen and oxygen atoms in total. The van der Waals surface area contributed by atoms with Crippen LogP contribution in [-0.2, 0) is 19.1 Å². The molecule has 0 spiro atoms. The molecule has 0 aromatic carbocycles. The van der Waals surface area contributed by atoms with Crippen molar-refractivity contribution in [2.75, 3.05) is 0 Å². The third kappa shape index (κ3) is 36.5. The first-order chi connectivity index (χ1) is 26.1. The minimum atomic E-state index is -0.171. The Morgan fingerprint density at radius 3 is 0.945 bits per heavy atom. The second-order valence-electron chi connectivity index (χ2n) is 19.4. The van der Waals surface area contributed by atoms with Crippen LogP contribution >= 0.6 is 0 Å². The molecule has 0 saturated heterocycles. The maximum atomic E-state index is 12.4. The zero-order chi connectivity index (χ0) is 41.4. The largest absolute Gasteiger partial charge is 0.458 e. The first-order valence-corrected chi connectivity index (χ1v) is 23.8. The molecule has 0 aliphatic rings. The molecule has 0 rings (SSSR count). The summed E-state index contributed by atoms with van der Waals surface area (Å²) in [4.78, 5) is 24.8. The number of rotatable bonds is 36. The summed E-state index contributed by atoms with van der Waals surface area (Å²) in [6.45, 7) is 27.3. The van der Waals surface area contributed by atoms with Crippen LogP contribution in [0.25, 0.3) is 0 Å². The van der Waals surface area contributed by atoms with Gasteiger partial charge in [-0.2, -0.15) is 0 Å². The highest BCUT2D eigenvalue weighted by Crippen LogP contribution is 2.24. The molecule has 0 amide bonds. The summed E-state index contributed by atoms with van der Waals surface area (Å²) in [6, 6.07) is 0. The van der Waals surface area contributed by atoms with E-state index in [1.54, 1.807) is 0 Å². The molecule has 0 bridgehead atoms. The third-order valence-corrected chi connectivity index (χ3v) is 11.7. The normalized spacial score (nSPS) is 15.9. The van der Waals surface area contributed by atoms with Gasteiger partial charge in [0.05, 0.1) is 0 Å². The summed E-state index contributed by atoms with van der Waals surface area (Å²) >= 11 is 0. The lowest BCUT2D eigenvalue weighted by Crippen LogP contribution is -2.13. The van der Waals surface area contributed by atoms with Gasteiger partial charge in [-0.25, -0.2) is 0 Å². The standard InChI is InChI=1S/C51H96O4/c1-40(2)24-18-26-42(5)28-20-30-44(7)32-22-34-46(9)38-48(11)54-50(52)36-16-14-13-15-17-37-51(53)55-49(12)39-47(10)35-23-33-45(8)31-21-29-43(6)27-19-25-41(3)4/h38-45,48-49H,13-37H2,1-12H3. The highest BCUT2D eigenvalue weighted by molar-refractivity contribution is 5.70. The topological polar surface area (TPSA) is 52.6 Å². The van der Waals surface area contributed by atoms with Crippen LogP contribution in [0.15, 0.2) is 23.3 Å². The lowest BCUT2D eigenvalue weighted by atomic mass is 9.91. The second-order valence-corrected chi connectivity index (χ2v) is 19.4. The van der Waals surface area contributed by atoms with Crippen LogP contribution in [0.4, 0.5) is 0 Å². The average molecular weight is 773 g/mol. The minimum absolute atomic E-state index is 0.105. The fourth-order valence-electron chi connectivity index (χ4n) is 8.05. The van der Waals surface area contributed by atoms with Gasteiger partial charge < -0.3 is 9.47 Å². The lowest BCUT2D eigenvalue weighted by molar-refractivity contribution is -0.147. The Morgan fingerprint density at radius 1 is 0.364 bits per heavy atom. The van der Waals surface area contributed by atoms with Crippen LogP contribution in [0.2, 0.25) is 0 Å². The van der Waals surface area contributed by atoms with Crippen LogP contribution in [0.1, 0.15) is 244 Å². The fraction of sp³-hybridized carbons (Fsp3) is 0.882. The van der Waals surface area contributed by atoms with Crippen molar-refractivity contribution in [3.8, 4) is 0 Å². The van der Waals surface area contributed by atoms with Gasteiger partial charge in [-0.05, 0) is 114 Å². The van der Waals surface area contributed by atoms with Gasteiger partial charge in [0, 0.05) is 12.8 Å². The number of hydrogen-bond donors (Lipinski definition) is 0. The Hall–Kier alpha value is -1.58. The summed E-state index contributed by atoms with van der Waals surface area (Å²) in [5.74, 6) is 4.74. The Kier molecular flexibility index (Phi) is 33.5. The Morgan fingerprint density at radius 2 is 0.636 bits per heavy atom. The number of carbonyl (C=O) groups is 2. The summed E-state index contributed by atoms with van der Waals surface area (Å²) in [5.41, 5.74) is 2.65. The Labute approximate surface area is 344 Å². The number of carbonyl (C=O) groups excluding carboxylic acids is 2. The first kappa shape index (κ1) is 53.4. The van der Waals surface area contributed by atoms with E-state index in [0.29, 0.717) is 12.8 Å². The zero-order valence-electron chi connectivity index (χ0n) is 39.1. The third-order valence-electron chi connectivity index (χ3n) is 11.7. The van der Waals surface area contributed by atoms with Gasteiger partial charge in [-0.3, -0.25) is 9.59 Å². The smallest absolute Gasteiger partial charge is 0.306 e. The molecule has 324 valence electrons. The molecule has 6 unspecified atom stereocenters. The lowest BCUT2D eigenvalue weighted by Gasteiger charge is -2.15. The van der Waals surface area contributed by atoms with Crippen molar-refractivity contribution in [2.24, 2.45) is 35.5 Å². The number of allylic oxidation sites excluding steroid dienone is 2. The van der Waals surface area contributed by atoms with Gasteiger partial charge in [-0.15, -0.1) is 0 Å². The molecule has 0 aliphatic heterocycles. The summed E-state index contributed by atoms with van der Waals surface area (Å²) in [5, 5.41) is 0. The molecule has 0 heterocycles. The molecule has 0 aromatic rings. The second kappa shape index (κ2) is 34.5. The SMILES string of the molecule is CC(=CC(C)OC(=O)CCCCCCCC(=O)OC(C)C=C(C)CCCC(C)CCCC(C)CCCC(C)C)CCCC(C)CCCC(C)CCCC(C)C. The van der Waals surface area contributed by atoms with Crippen molar-refractivity contribution in [2.45, 2.75) is 256 Å². The van der Waals surface area contributed by atoms with E-state index >= 15 is 0 Å². The Balaban J connectivity index is 3.94. The highest BCUT2D eigenvalue weighted by Gasteiger charge is 2.12. The molecular weight excluding hydrogens is 677 g/mol. The first-order valence-electron chi connectivity index (χ1n) is 23.8. The molecule has 0 radical (unpaired) electrons. The molecular formula is C51H96O4. The average Bonchev–Trinajstić information content (AvgIpc) is 3.07. The molecule has 55 heavy (non-hydrogen) atoms. The van der Waals surface area contributed by atoms with Crippen molar-refractivity contribution < 1.29 is 19.1 Å².